The van der Waals surface area contributed by atoms with Crippen LogP contribution in [0.25, 0.3) is 11.1 Å². The first-order valence-corrected chi connectivity index (χ1v) is 13.1. The van der Waals surface area contributed by atoms with Gasteiger partial charge >= 0.3 is 6.09 Å². The Balaban J connectivity index is 1.16. The summed E-state index contributed by atoms with van der Waals surface area (Å²) >= 11 is 0. The van der Waals surface area contributed by atoms with Gasteiger partial charge in [0.2, 0.25) is 0 Å². The van der Waals surface area contributed by atoms with Crippen molar-refractivity contribution in [3.05, 3.63) is 83.4 Å². The van der Waals surface area contributed by atoms with Gasteiger partial charge in [0.25, 0.3) is 0 Å². The highest BCUT2D eigenvalue weighted by molar-refractivity contribution is 5.99. The number of rotatable bonds is 6. The number of morpholine rings is 1. The highest BCUT2D eigenvalue weighted by atomic mass is 16.6. The molecule has 1 amide bonds. The molecule has 3 aromatic rings. The number of ether oxygens (including phenoxy) is 4. The van der Waals surface area contributed by atoms with Gasteiger partial charge < -0.3 is 18.9 Å². The zero-order chi connectivity index (χ0) is 26.2. The summed E-state index contributed by atoms with van der Waals surface area (Å²) in [7, 11) is 3.13. The lowest BCUT2D eigenvalue weighted by Gasteiger charge is -2.47. The van der Waals surface area contributed by atoms with E-state index in [0.717, 1.165) is 0 Å². The van der Waals surface area contributed by atoms with Crippen LogP contribution < -0.4 is 9.47 Å². The molecule has 2 aliphatic heterocycles. The van der Waals surface area contributed by atoms with Crippen molar-refractivity contribution in [2.24, 2.45) is 5.92 Å². The molecule has 0 spiro atoms. The average molecular weight is 514 g/mol. The molecule has 1 aliphatic carbocycles. The van der Waals surface area contributed by atoms with Gasteiger partial charge in [0, 0.05) is 23.5 Å². The van der Waals surface area contributed by atoms with Gasteiger partial charge in [0.15, 0.2) is 5.78 Å². The van der Waals surface area contributed by atoms with Gasteiger partial charge in [0.1, 0.15) is 18.1 Å². The summed E-state index contributed by atoms with van der Waals surface area (Å²) in [5.74, 6) is 0.971. The maximum atomic E-state index is 13.5. The summed E-state index contributed by atoms with van der Waals surface area (Å²) in [5.41, 5.74) is 5.32. The lowest BCUT2D eigenvalue weighted by atomic mass is 9.81. The van der Waals surface area contributed by atoms with Gasteiger partial charge in [0.05, 0.1) is 39.5 Å². The van der Waals surface area contributed by atoms with E-state index in [1.54, 1.807) is 32.4 Å². The predicted octanol–water partition coefficient (Wildman–Crippen LogP) is 5.32. The molecule has 3 aromatic carbocycles. The van der Waals surface area contributed by atoms with Gasteiger partial charge in [-0.2, -0.15) is 0 Å². The fraction of sp³-hybridized carbons (Fsp3) is 0.355. The van der Waals surface area contributed by atoms with E-state index in [0.29, 0.717) is 43.1 Å². The van der Waals surface area contributed by atoms with Crippen molar-refractivity contribution in [1.82, 2.24) is 4.90 Å². The Bertz CT molecular complexity index is 1290. The molecule has 0 aromatic heterocycles. The summed E-state index contributed by atoms with van der Waals surface area (Å²) in [6, 6.07) is 21.4. The first-order valence-electron chi connectivity index (χ1n) is 13.1. The Morgan fingerprint density at radius 3 is 1.95 bits per heavy atom. The average Bonchev–Trinajstić information content (AvgIpc) is 3.28. The van der Waals surface area contributed by atoms with E-state index in [-0.39, 0.29) is 42.4 Å². The van der Waals surface area contributed by atoms with E-state index in [1.807, 2.05) is 29.2 Å². The molecule has 2 fully saturated rings. The molecule has 2 bridgehead atoms. The van der Waals surface area contributed by atoms with Crippen LogP contribution in [0.3, 0.4) is 0 Å². The monoisotopic (exact) mass is 513 g/mol. The number of amides is 1. The van der Waals surface area contributed by atoms with Crippen LogP contribution in [0.5, 0.6) is 11.5 Å². The van der Waals surface area contributed by atoms with Gasteiger partial charge in [-0.25, -0.2) is 4.79 Å². The van der Waals surface area contributed by atoms with Crippen LogP contribution in [0.4, 0.5) is 4.79 Å². The van der Waals surface area contributed by atoms with Crippen molar-refractivity contribution in [3.8, 4) is 22.6 Å². The Labute approximate surface area is 222 Å². The van der Waals surface area contributed by atoms with Crippen molar-refractivity contribution >= 4 is 11.9 Å². The molecular formula is C31H31NO6. The highest BCUT2D eigenvalue weighted by Gasteiger charge is 2.45. The molecule has 3 aliphatic rings. The molecule has 38 heavy (non-hydrogen) atoms. The van der Waals surface area contributed by atoms with Crippen molar-refractivity contribution < 1.29 is 28.5 Å². The fourth-order valence-corrected chi connectivity index (χ4v) is 6.28. The predicted molar refractivity (Wildman–Crippen MR) is 142 cm³/mol. The number of fused-ring (bicyclic) bond motifs is 5. The summed E-state index contributed by atoms with van der Waals surface area (Å²) in [6.07, 6.45) is 0.720. The summed E-state index contributed by atoms with van der Waals surface area (Å²) in [6.45, 7) is 1.06. The van der Waals surface area contributed by atoms with Crippen LogP contribution in [-0.4, -0.2) is 62.9 Å². The van der Waals surface area contributed by atoms with Crippen molar-refractivity contribution in [2.45, 2.75) is 30.8 Å². The number of methoxy groups -OCH3 is 2. The van der Waals surface area contributed by atoms with E-state index in [4.69, 9.17) is 18.9 Å². The molecule has 6 rings (SSSR count). The summed E-state index contributed by atoms with van der Waals surface area (Å²) in [5, 5.41) is 0. The Hall–Kier alpha value is -3.84. The smallest absolute Gasteiger partial charge is 0.410 e. The minimum Gasteiger partial charge on any atom is -0.497 e. The third-order valence-corrected chi connectivity index (χ3v) is 8.07. The molecule has 196 valence electrons. The van der Waals surface area contributed by atoms with Crippen molar-refractivity contribution in [3.63, 3.8) is 0 Å². The van der Waals surface area contributed by atoms with Crippen LogP contribution in [0.2, 0.25) is 0 Å². The van der Waals surface area contributed by atoms with Crippen molar-refractivity contribution in [2.75, 3.05) is 34.0 Å². The van der Waals surface area contributed by atoms with E-state index < -0.39 is 0 Å². The van der Waals surface area contributed by atoms with E-state index >= 15 is 0 Å². The van der Waals surface area contributed by atoms with Gasteiger partial charge in [-0.05, 0) is 47.2 Å². The number of hydrogen-bond donors (Lipinski definition) is 0. The van der Waals surface area contributed by atoms with Crippen LogP contribution in [0.15, 0.2) is 66.7 Å². The zero-order valence-corrected chi connectivity index (χ0v) is 21.6. The number of nitrogens with zero attached hydrogens (tertiary/aromatic N) is 1. The van der Waals surface area contributed by atoms with Gasteiger partial charge in [-0.1, -0.05) is 48.5 Å². The van der Waals surface area contributed by atoms with Crippen molar-refractivity contribution in [1.29, 1.82) is 0 Å². The van der Waals surface area contributed by atoms with E-state index in [1.165, 1.54) is 22.3 Å². The van der Waals surface area contributed by atoms with Crippen LogP contribution >= 0.6 is 0 Å². The third kappa shape index (κ3) is 4.31. The molecule has 0 radical (unpaired) electrons. The number of carbonyl (C=O) groups is 2. The topological polar surface area (TPSA) is 74.3 Å². The number of Topliss-reactive ketones (excluding diaryl/α,β-unsaturated/α-hetero) is 1. The third-order valence-electron chi connectivity index (χ3n) is 8.07. The number of carbonyl (C=O) groups excluding carboxylic acids is 2. The molecule has 0 saturated carbocycles. The van der Waals surface area contributed by atoms with Crippen LogP contribution in [0.1, 0.15) is 40.2 Å². The normalized spacial score (nSPS) is 21.8. The summed E-state index contributed by atoms with van der Waals surface area (Å²) in [4.78, 5) is 28.7. The molecule has 2 heterocycles. The second kappa shape index (κ2) is 10.1. The summed E-state index contributed by atoms with van der Waals surface area (Å²) < 4.78 is 22.5. The van der Waals surface area contributed by atoms with Crippen LogP contribution in [0, 0.1) is 5.92 Å². The van der Waals surface area contributed by atoms with Gasteiger partial charge in [-0.15, -0.1) is 0 Å². The molecular weight excluding hydrogens is 482 g/mol. The quantitative estimate of drug-likeness (QED) is 0.416. The molecule has 7 nitrogen and oxygen atoms in total. The number of benzene rings is 3. The Morgan fingerprint density at radius 2 is 1.39 bits per heavy atom. The van der Waals surface area contributed by atoms with E-state index in [2.05, 4.69) is 24.3 Å². The minimum atomic E-state index is -0.334. The largest absolute Gasteiger partial charge is 0.497 e. The highest BCUT2D eigenvalue weighted by Crippen LogP contribution is 2.45. The lowest BCUT2D eigenvalue weighted by Crippen LogP contribution is -2.60. The second-order valence-electron chi connectivity index (χ2n) is 10.2. The molecule has 7 heteroatoms. The molecule has 2 saturated heterocycles. The van der Waals surface area contributed by atoms with Crippen LogP contribution in [-0.2, 0) is 9.47 Å². The lowest BCUT2D eigenvalue weighted by molar-refractivity contribution is -0.0747. The SMILES string of the molecule is COc1cc(OC)cc(C(=O)C2CC3COCC(C2)N3C(=O)OCC2c3ccccc3-c3ccccc32)c1. The molecule has 2 unspecified atom stereocenters. The maximum Gasteiger partial charge on any atom is 0.410 e. The zero-order valence-electron chi connectivity index (χ0n) is 21.6. The number of piperidine rings is 1. The second-order valence-corrected chi connectivity index (χ2v) is 10.2. The van der Waals surface area contributed by atoms with Gasteiger partial charge in [-0.3, -0.25) is 9.69 Å². The van der Waals surface area contributed by atoms with E-state index in [9.17, 15) is 9.59 Å². The number of hydrogen-bond acceptors (Lipinski definition) is 6. The first-order chi connectivity index (χ1) is 18.6. The Morgan fingerprint density at radius 1 is 0.842 bits per heavy atom. The molecule has 2 atom stereocenters. The Kier molecular flexibility index (Phi) is 6.54. The number of ketones is 1. The fourth-order valence-electron chi connectivity index (χ4n) is 6.28. The minimum absolute atomic E-state index is 0.00426. The first kappa shape index (κ1) is 24.5. The standard InChI is InChI=1S/C31H31NO6/c1-35-23-13-20(14-24(15-23)36-2)30(33)19-11-21-16-37-17-22(12-19)32(21)31(34)38-18-29-27-9-5-3-7-25(27)26-8-4-6-10-28(26)29/h3-10,13-15,19,21-22,29H,11-12,16-18H2,1-2H3. The maximum absolute atomic E-state index is 13.5. The molecule has 0 N–H and O–H groups in total.